The summed E-state index contributed by atoms with van der Waals surface area (Å²) in [6.45, 7) is 0. The number of nitrogens with zero attached hydrogens (tertiary/aromatic N) is 1. The third-order valence-electron chi connectivity index (χ3n) is 1.66. The van der Waals surface area contributed by atoms with Gasteiger partial charge in [-0.15, -0.1) is 0 Å². The first kappa shape index (κ1) is 9.73. The van der Waals surface area contributed by atoms with Crippen LogP contribution in [0, 0.1) is 0 Å². The van der Waals surface area contributed by atoms with Gasteiger partial charge in [0, 0.05) is 0 Å². The van der Waals surface area contributed by atoms with Crippen LogP contribution in [0.4, 0.5) is 0 Å². The van der Waals surface area contributed by atoms with Crippen LogP contribution < -0.4 is 5.43 Å². The fraction of sp³-hybridized carbons (Fsp3) is 0.222. The van der Waals surface area contributed by atoms with E-state index in [0.717, 1.165) is 0 Å². The van der Waals surface area contributed by atoms with Crippen molar-refractivity contribution in [1.29, 1.82) is 0 Å². The molecule has 0 aromatic heterocycles. The zero-order chi connectivity index (χ0) is 8.97. The van der Waals surface area contributed by atoms with Crippen LogP contribution in [-0.4, -0.2) is 44.6 Å². The predicted octanol–water partition coefficient (Wildman–Crippen LogP) is 0.399. The Morgan fingerprint density at radius 1 is 1.33 bits per heavy atom. The Balaban J connectivity index is 2.79. The van der Waals surface area contributed by atoms with Crippen LogP contribution in [0.5, 0.6) is 0 Å². The number of nitrogens with one attached hydrogen (secondary N) is 1. The maximum absolute atomic E-state index is 3.06. The summed E-state index contributed by atoms with van der Waals surface area (Å²) in [6, 6.07) is 10.3. The van der Waals surface area contributed by atoms with E-state index >= 15 is 0 Å². The molecule has 0 spiro atoms. The quantitative estimate of drug-likeness (QED) is 0.635. The Hall–Kier alpha value is -0.360. The first-order valence-corrected chi connectivity index (χ1v) is 4.92. The second-order valence-corrected chi connectivity index (χ2v) is 3.56. The molecule has 0 aliphatic rings. The van der Waals surface area contributed by atoms with Crippen LogP contribution >= 0.6 is 0 Å². The molecular formula is C9H12N2Te. The maximum atomic E-state index is 3.06. The summed E-state index contributed by atoms with van der Waals surface area (Å²) in [5, 5.41) is 2.00. The molecule has 1 N–H and O–H groups in total. The zero-order valence-corrected chi connectivity index (χ0v) is 9.57. The molecule has 0 bridgehead atoms. The number of hydrogen-bond donors (Lipinski definition) is 1. The van der Waals surface area contributed by atoms with Crippen molar-refractivity contribution in [3.8, 4) is 0 Å². The summed E-state index contributed by atoms with van der Waals surface area (Å²) in [6.07, 6.45) is 0. The summed E-state index contributed by atoms with van der Waals surface area (Å²) in [5.74, 6) is 0. The minimum absolute atomic E-state index is 1.23. The number of hydrazine groups is 1. The van der Waals surface area contributed by atoms with E-state index in [2.05, 4.69) is 17.6 Å². The molecule has 1 aromatic rings. The van der Waals surface area contributed by atoms with Gasteiger partial charge in [0.15, 0.2) is 0 Å². The van der Waals surface area contributed by atoms with Gasteiger partial charge < -0.3 is 0 Å². The average Bonchev–Trinajstić information content (AvgIpc) is 2.17. The van der Waals surface area contributed by atoms with Crippen molar-refractivity contribution in [3.05, 3.63) is 35.9 Å². The molecule has 0 amide bonds. The zero-order valence-electron chi connectivity index (χ0n) is 7.24. The molecule has 0 atom stereocenters. The van der Waals surface area contributed by atoms with Crippen molar-refractivity contribution in [2.45, 2.75) is 0 Å². The van der Waals surface area contributed by atoms with Gasteiger partial charge in [0.1, 0.15) is 0 Å². The molecule has 0 unspecified atom stereocenters. The Morgan fingerprint density at radius 3 is 2.42 bits per heavy atom. The third kappa shape index (κ3) is 2.31. The van der Waals surface area contributed by atoms with Crippen LogP contribution in [0.3, 0.4) is 0 Å². The summed E-state index contributed by atoms with van der Waals surface area (Å²) in [5.41, 5.74) is 4.31. The van der Waals surface area contributed by atoms with Crippen molar-refractivity contribution in [2.75, 3.05) is 14.1 Å². The molecule has 12 heavy (non-hydrogen) atoms. The summed E-state index contributed by atoms with van der Waals surface area (Å²) >= 11 is 2.01. The number of rotatable bonds is 3. The van der Waals surface area contributed by atoms with Crippen molar-refractivity contribution >= 4 is 25.5 Å². The van der Waals surface area contributed by atoms with Crippen LogP contribution in [0.2, 0.25) is 0 Å². The normalized spacial score (nSPS) is 9.50. The molecule has 0 radical (unpaired) electrons. The molecule has 1 rings (SSSR count). The van der Waals surface area contributed by atoms with Crippen LogP contribution in [0.15, 0.2) is 30.3 Å². The van der Waals surface area contributed by atoms with E-state index in [1.807, 2.05) is 59.1 Å². The molecule has 3 heteroatoms. The molecule has 0 saturated heterocycles. The molecule has 64 valence electrons. The molecule has 0 fully saturated rings. The monoisotopic (exact) mass is 278 g/mol. The molecule has 0 aliphatic heterocycles. The summed E-state index contributed by atoms with van der Waals surface area (Å²) in [4.78, 5) is 0. The van der Waals surface area contributed by atoms with Gasteiger partial charge in [-0.05, 0) is 0 Å². The van der Waals surface area contributed by atoms with E-state index in [9.17, 15) is 0 Å². The predicted molar refractivity (Wildman–Crippen MR) is 53.1 cm³/mol. The SMILES string of the molecule is CNN(C)C(=[Te])c1ccccc1. The van der Waals surface area contributed by atoms with E-state index in [-0.39, 0.29) is 0 Å². The standard InChI is InChI=1S/C9H12N2Te/c1-10-11(2)9(12)8-6-4-3-5-7-8/h3-7,10H,1-2H3. The Morgan fingerprint density at radius 2 is 1.92 bits per heavy atom. The fourth-order valence-electron chi connectivity index (χ4n) is 0.876. The first-order chi connectivity index (χ1) is 5.75. The average molecular weight is 276 g/mol. The van der Waals surface area contributed by atoms with Crippen molar-refractivity contribution in [1.82, 2.24) is 10.4 Å². The molecule has 0 aliphatic carbocycles. The third-order valence-corrected chi connectivity index (χ3v) is 3.12. The van der Waals surface area contributed by atoms with Crippen molar-refractivity contribution in [2.24, 2.45) is 0 Å². The second-order valence-electron chi connectivity index (χ2n) is 2.45. The van der Waals surface area contributed by atoms with Crippen LogP contribution in [-0.2, 0) is 0 Å². The van der Waals surface area contributed by atoms with Gasteiger partial charge in [-0.1, -0.05) is 0 Å². The van der Waals surface area contributed by atoms with E-state index in [0.29, 0.717) is 0 Å². The first-order valence-electron chi connectivity index (χ1n) is 3.76. The van der Waals surface area contributed by atoms with Gasteiger partial charge in [-0.3, -0.25) is 0 Å². The van der Waals surface area contributed by atoms with Gasteiger partial charge in [0.25, 0.3) is 0 Å². The topological polar surface area (TPSA) is 15.3 Å². The summed E-state index contributed by atoms with van der Waals surface area (Å²) in [7, 11) is 3.92. The van der Waals surface area contributed by atoms with Crippen molar-refractivity contribution in [3.63, 3.8) is 0 Å². The Labute approximate surface area is 85.9 Å². The van der Waals surface area contributed by atoms with Gasteiger partial charge in [0.05, 0.1) is 0 Å². The van der Waals surface area contributed by atoms with E-state index in [4.69, 9.17) is 0 Å². The Bertz CT molecular complexity index is 258. The number of hydrogen-bond acceptors (Lipinski definition) is 2. The van der Waals surface area contributed by atoms with E-state index < -0.39 is 0 Å². The van der Waals surface area contributed by atoms with Gasteiger partial charge in [-0.25, -0.2) is 0 Å². The van der Waals surface area contributed by atoms with Gasteiger partial charge >= 0.3 is 85.9 Å². The molecule has 0 saturated carbocycles. The summed E-state index contributed by atoms with van der Waals surface area (Å²) < 4.78 is 1.23. The van der Waals surface area contributed by atoms with Crippen molar-refractivity contribution < 1.29 is 0 Å². The molecule has 1 aromatic carbocycles. The number of benzene rings is 1. The molecular weight excluding hydrogens is 264 g/mol. The second kappa shape index (κ2) is 4.61. The van der Waals surface area contributed by atoms with Gasteiger partial charge in [-0.2, -0.15) is 0 Å². The van der Waals surface area contributed by atoms with Crippen LogP contribution in [0.1, 0.15) is 5.56 Å². The molecule has 0 heterocycles. The minimum atomic E-state index is 1.23. The van der Waals surface area contributed by atoms with Gasteiger partial charge in [0.2, 0.25) is 0 Å². The fourth-order valence-corrected chi connectivity index (χ4v) is 1.52. The van der Waals surface area contributed by atoms with Crippen LogP contribution in [0.25, 0.3) is 0 Å². The van der Waals surface area contributed by atoms with E-state index in [1.54, 1.807) is 0 Å². The molecule has 2 nitrogen and oxygen atoms in total. The van der Waals surface area contributed by atoms with E-state index in [1.165, 1.54) is 9.24 Å². The Kier molecular flexibility index (Phi) is 3.74.